The Hall–Kier alpha value is -1.06. The fraction of sp³-hybridized carbons (Fsp3) is 0.647. The Morgan fingerprint density at radius 1 is 1.25 bits per heavy atom. The molecule has 2 N–H and O–H groups in total. The Labute approximate surface area is 122 Å². The minimum atomic E-state index is -0.000810. The predicted molar refractivity (Wildman–Crippen MR) is 82.1 cm³/mol. The van der Waals surface area contributed by atoms with Gasteiger partial charge in [0.2, 0.25) is 0 Å². The molecule has 3 heteroatoms. The summed E-state index contributed by atoms with van der Waals surface area (Å²) in [6.07, 6.45) is 5.99. The van der Waals surface area contributed by atoms with Crippen molar-refractivity contribution >= 4 is 0 Å². The van der Waals surface area contributed by atoms with E-state index in [0.29, 0.717) is 6.54 Å². The molecule has 3 rings (SSSR count). The van der Waals surface area contributed by atoms with E-state index in [1.165, 1.54) is 43.5 Å². The number of benzene rings is 1. The van der Waals surface area contributed by atoms with Crippen LogP contribution in [0.2, 0.25) is 0 Å². The maximum absolute atomic E-state index is 6.28. The molecule has 1 aromatic rings. The zero-order valence-corrected chi connectivity index (χ0v) is 12.5. The first-order chi connectivity index (χ1) is 9.81. The first kappa shape index (κ1) is 13.9. The number of nitrogens with zero attached hydrogens (tertiary/aromatic N) is 1. The lowest BCUT2D eigenvalue weighted by Crippen LogP contribution is -2.55. The summed E-state index contributed by atoms with van der Waals surface area (Å²) in [4.78, 5) is 2.62. The first-order valence-electron chi connectivity index (χ1n) is 8.02. The lowest BCUT2D eigenvalue weighted by atomic mass is 9.80. The molecule has 0 aliphatic carbocycles. The standard InChI is InChI=1S/C17H26N2O/c1-2-14-7-6-8-15-16(14)20-12-9-17(15,13-18)19-10-4-3-5-11-19/h6-8H,2-5,9-13,18H2,1H3. The number of piperidine rings is 1. The van der Waals surface area contributed by atoms with Crippen LogP contribution in [0.3, 0.4) is 0 Å². The van der Waals surface area contributed by atoms with Gasteiger partial charge in [0.15, 0.2) is 0 Å². The molecule has 1 unspecified atom stereocenters. The normalized spacial score (nSPS) is 26.9. The third-order valence-corrected chi connectivity index (χ3v) is 5.04. The van der Waals surface area contributed by atoms with Crippen molar-refractivity contribution in [2.75, 3.05) is 26.2 Å². The van der Waals surface area contributed by atoms with Gasteiger partial charge in [-0.15, -0.1) is 0 Å². The minimum Gasteiger partial charge on any atom is -0.493 e. The highest BCUT2D eigenvalue weighted by Crippen LogP contribution is 2.43. The number of aryl methyl sites for hydroxylation is 1. The van der Waals surface area contributed by atoms with E-state index in [-0.39, 0.29) is 5.54 Å². The summed E-state index contributed by atoms with van der Waals surface area (Å²) < 4.78 is 6.01. The summed E-state index contributed by atoms with van der Waals surface area (Å²) in [5.74, 6) is 1.11. The second-order valence-corrected chi connectivity index (χ2v) is 6.03. The third-order valence-electron chi connectivity index (χ3n) is 5.04. The molecule has 0 bridgehead atoms. The van der Waals surface area contributed by atoms with E-state index in [1.807, 2.05) is 0 Å². The summed E-state index contributed by atoms with van der Waals surface area (Å²) in [5.41, 5.74) is 8.92. The lowest BCUT2D eigenvalue weighted by Gasteiger charge is -2.48. The van der Waals surface area contributed by atoms with Crippen molar-refractivity contribution in [3.05, 3.63) is 29.3 Å². The Morgan fingerprint density at radius 3 is 2.75 bits per heavy atom. The van der Waals surface area contributed by atoms with Gasteiger partial charge in [-0.3, -0.25) is 4.90 Å². The number of para-hydroxylation sites is 1. The van der Waals surface area contributed by atoms with Crippen LogP contribution in [-0.4, -0.2) is 31.1 Å². The highest BCUT2D eigenvalue weighted by atomic mass is 16.5. The summed E-state index contributed by atoms with van der Waals surface area (Å²) in [7, 11) is 0. The van der Waals surface area contributed by atoms with Crippen LogP contribution in [0.15, 0.2) is 18.2 Å². The molecule has 110 valence electrons. The van der Waals surface area contributed by atoms with E-state index < -0.39 is 0 Å². The van der Waals surface area contributed by atoms with E-state index in [0.717, 1.165) is 25.2 Å². The molecule has 0 saturated carbocycles. The molecule has 20 heavy (non-hydrogen) atoms. The Kier molecular flexibility index (Phi) is 3.99. The topological polar surface area (TPSA) is 38.5 Å². The van der Waals surface area contributed by atoms with Gasteiger partial charge in [-0.1, -0.05) is 31.5 Å². The second-order valence-electron chi connectivity index (χ2n) is 6.03. The summed E-state index contributed by atoms with van der Waals surface area (Å²) in [5, 5.41) is 0. The molecule has 1 atom stereocenters. The predicted octanol–water partition coefficient (Wildman–Crippen LogP) is 2.67. The molecule has 0 spiro atoms. The molecule has 2 heterocycles. The van der Waals surface area contributed by atoms with Crippen molar-refractivity contribution in [3.63, 3.8) is 0 Å². The highest BCUT2D eigenvalue weighted by Gasteiger charge is 2.42. The molecule has 1 fully saturated rings. The maximum atomic E-state index is 6.28. The van der Waals surface area contributed by atoms with Gasteiger partial charge in [0, 0.05) is 18.5 Å². The van der Waals surface area contributed by atoms with Crippen LogP contribution in [0, 0.1) is 0 Å². The second kappa shape index (κ2) is 5.74. The molecule has 2 aliphatic heterocycles. The van der Waals surface area contributed by atoms with E-state index in [2.05, 4.69) is 30.0 Å². The van der Waals surface area contributed by atoms with Crippen LogP contribution < -0.4 is 10.5 Å². The Morgan fingerprint density at radius 2 is 2.05 bits per heavy atom. The van der Waals surface area contributed by atoms with Gasteiger partial charge in [-0.25, -0.2) is 0 Å². The smallest absolute Gasteiger partial charge is 0.127 e. The molecule has 1 aromatic carbocycles. The van der Waals surface area contributed by atoms with Gasteiger partial charge in [0.1, 0.15) is 5.75 Å². The largest absolute Gasteiger partial charge is 0.493 e. The van der Waals surface area contributed by atoms with Crippen LogP contribution in [-0.2, 0) is 12.0 Å². The quantitative estimate of drug-likeness (QED) is 0.921. The van der Waals surface area contributed by atoms with Crippen LogP contribution in [0.5, 0.6) is 5.75 Å². The number of hydrogen-bond donors (Lipinski definition) is 1. The maximum Gasteiger partial charge on any atom is 0.127 e. The van der Waals surface area contributed by atoms with E-state index in [4.69, 9.17) is 10.5 Å². The zero-order chi connectivity index (χ0) is 14.0. The molecule has 0 aromatic heterocycles. The van der Waals surface area contributed by atoms with Crippen molar-refractivity contribution in [3.8, 4) is 5.75 Å². The van der Waals surface area contributed by atoms with Crippen LogP contribution >= 0.6 is 0 Å². The number of rotatable bonds is 3. The van der Waals surface area contributed by atoms with Gasteiger partial charge < -0.3 is 10.5 Å². The average molecular weight is 274 g/mol. The van der Waals surface area contributed by atoms with Crippen LogP contribution in [0.4, 0.5) is 0 Å². The number of ether oxygens (including phenoxy) is 1. The van der Waals surface area contributed by atoms with Gasteiger partial charge in [0.25, 0.3) is 0 Å². The molecule has 1 saturated heterocycles. The molecule has 2 aliphatic rings. The first-order valence-corrected chi connectivity index (χ1v) is 8.02. The third kappa shape index (κ3) is 2.13. The fourth-order valence-corrected chi connectivity index (χ4v) is 3.85. The fourth-order valence-electron chi connectivity index (χ4n) is 3.85. The van der Waals surface area contributed by atoms with Crippen molar-refractivity contribution in [2.45, 2.75) is 44.6 Å². The molecular weight excluding hydrogens is 248 g/mol. The van der Waals surface area contributed by atoms with Crippen molar-refractivity contribution < 1.29 is 4.74 Å². The SMILES string of the molecule is CCc1cccc2c1OCCC2(CN)N1CCCCC1. The van der Waals surface area contributed by atoms with Crippen LogP contribution in [0.25, 0.3) is 0 Å². The highest BCUT2D eigenvalue weighted by molar-refractivity contribution is 5.47. The molecule has 0 amide bonds. The van der Waals surface area contributed by atoms with E-state index >= 15 is 0 Å². The molecule has 3 nitrogen and oxygen atoms in total. The summed E-state index contributed by atoms with van der Waals surface area (Å²) in [6.45, 7) is 6.02. The number of fused-ring (bicyclic) bond motifs is 1. The van der Waals surface area contributed by atoms with Crippen molar-refractivity contribution in [1.29, 1.82) is 0 Å². The van der Waals surface area contributed by atoms with Gasteiger partial charge in [-0.2, -0.15) is 0 Å². The van der Waals surface area contributed by atoms with Gasteiger partial charge in [-0.05, 0) is 37.9 Å². The Bertz CT molecular complexity index is 468. The van der Waals surface area contributed by atoms with Crippen molar-refractivity contribution in [2.24, 2.45) is 5.73 Å². The van der Waals surface area contributed by atoms with Crippen molar-refractivity contribution in [1.82, 2.24) is 4.90 Å². The summed E-state index contributed by atoms with van der Waals surface area (Å²) in [6, 6.07) is 6.58. The van der Waals surface area contributed by atoms with Gasteiger partial charge >= 0.3 is 0 Å². The number of likely N-dealkylation sites (tertiary alicyclic amines) is 1. The monoisotopic (exact) mass is 274 g/mol. The average Bonchev–Trinajstić information content (AvgIpc) is 2.54. The lowest BCUT2D eigenvalue weighted by molar-refractivity contribution is 0.0328. The van der Waals surface area contributed by atoms with E-state index in [1.54, 1.807) is 0 Å². The van der Waals surface area contributed by atoms with E-state index in [9.17, 15) is 0 Å². The number of hydrogen-bond acceptors (Lipinski definition) is 3. The minimum absolute atomic E-state index is 0.000810. The zero-order valence-electron chi connectivity index (χ0n) is 12.5. The van der Waals surface area contributed by atoms with Gasteiger partial charge in [0.05, 0.1) is 12.1 Å². The molecule has 0 radical (unpaired) electrons. The summed E-state index contributed by atoms with van der Waals surface area (Å²) >= 11 is 0. The van der Waals surface area contributed by atoms with Crippen LogP contribution in [0.1, 0.15) is 43.7 Å². The molecular formula is C17H26N2O. The number of nitrogens with two attached hydrogens (primary N) is 1. The Balaban J connectivity index is 2.05.